The highest BCUT2D eigenvalue weighted by atomic mass is 16.5. The summed E-state index contributed by atoms with van der Waals surface area (Å²) in [5.41, 5.74) is 0. The van der Waals surface area contributed by atoms with Crippen molar-refractivity contribution in [3.8, 4) is 0 Å². The van der Waals surface area contributed by atoms with Crippen LogP contribution in [0.25, 0.3) is 0 Å². The predicted molar refractivity (Wildman–Crippen MR) is 74.9 cm³/mol. The number of piperazine rings is 1. The third kappa shape index (κ3) is 3.92. The molecule has 3 atom stereocenters. The zero-order chi connectivity index (χ0) is 13.0. The number of likely N-dealkylation sites (N-methyl/N-ethyl adjacent to an activating group) is 1. The van der Waals surface area contributed by atoms with Gasteiger partial charge in [0.15, 0.2) is 0 Å². The zero-order valence-corrected chi connectivity index (χ0v) is 12.2. The molecule has 0 saturated carbocycles. The summed E-state index contributed by atoms with van der Waals surface area (Å²) in [6.45, 7) is 12.4. The lowest BCUT2D eigenvalue weighted by molar-refractivity contribution is 0.0606. The quantitative estimate of drug-likeness (QED) is 0.730. The fraction of sp³-hybridized carbons (Fsp3) is 1.00. The van der Waals surface area contributed by atoms with Gasteiger partial charge in [-0.15, -0.1) is 0 Å². The van der Waals surface area contributed by atoms with Gasteiger partial charge in [-0.1, -0.05) is 0 Å². The highest BCUT2D eigenvalue weighted by Gasteiger charge is 2.25. The second-order valence-corrected chi connectivity index (χ2v) is 6.06. The van der Waals surface area contributed by atoms with Crippen LogP contribution in [0.15, 0.2) is 0 Å². The van der Waals surface area contributed by atoms with Gasteiger partial charge < -0.3 is 10.1 Å². The predicted octanol–water partition coefficient (Wildman–Crippen LogP) is 0.637. The first-order valence-corrected chi connectivity index (χ1v) is 7.39. The molecule has 0 aromatic carbocycles. The highest BCUT2D eigenvalue weighted by Crippen LogP contribution is 2.13. The van der Waals surface area contributed by atoms with Crippen LogP contribution in [-0.2, 0) is 4.74 Å². The summed E-state index contributed by atoms with van der Waals surface area (Å²) in [6, 6.07) is 1.36. The van der Waals surface area contributed by atoms with Crippen LogP contribution >= 0.6 is 0 Å². The minimum absolute atomic E-state index is 0.678. The standard InChI is InChI=1S/C14H29N3O/c1-12-9-17(10-13(2)16(12)3)6-5-15-8-14-4-7-18-11-14/h12-15H,4-11H2,1-3H3. The monoisotopic (exact) mass is 255 g/mol. The molecule has 0 amide bonds. The second kappa shape index (κ2) is 6.85. The molecule has 0 aliphatic carbocycles. The summed E-state index contributed by atoms with van der Waals surface area (Å²) < 4.78 is 5.39. The van der Waals surface area contributed by atoms with Crippen molar-refractivity contribution in [2.45, 2.75) is 32.4 Å². The van der Waals surface area contributed by atoms with Crippen molar-refractivity contribution in [1.29, 1.82) is 0 Å². The summed E-state index contributed by atoms with van der Waals surface area (Å²) in [6.07, 6.45) is 1.23. The Labute approximate surface area is 112 Å². The lowest BCUT2D eigenvalue weighted by Crippen LogP contribution is -2.55. The van der Waals surface area contributed by atoms with E-state index in [4.69, 9.17) is 4.74 Å². The number of nitrogens with zero attached hydrogens (tertiary/aromatic N) is 2. The molecule has 18 heavy (non-hydrogen) atoms. The summed E-state index contributed by atoms with van der Waals surface area (Å²) in [4.78, 5) is 5.08. The summed E-state index contributed by atoms with van der Waals surface area (Å²) >= 11 is 0. The van der Waals surface area contributed by atoms with E-state index in [9.17, 15) is 0 Å². The maximum absolute atomic E-state index is 5.39. The van der Waals surface area contributed by atoms with Crippen LogP contribution in [0, 0.1) is 5.92 Å². The van der Waals surface area contributed by atoms with Gasteiger partial charge in [0.05, 0.1) is 6.61 Å². The number of hydrogen-bond donors (Lipinski definition) is 1. The van der Waals surface area contributed by atoms with Crippen LogP contribution < -0.4 is 5.32 Å². The Kier molecular flexibility index (Phi) is 5.42. The molecule has 106 valence electrons. The molecule has 0 radical (unpaired) electrons. The smallest absolute Gasteiger partial charge is 0.0507 e. The molecular weight excluding hydrogens is 226 g/mol. The Morgan fingerprint density at radius 2 is 1.94 bits per heavy atom. The van der Waals surface area contributed by atoms with E-state index in [-0.39, 0.29) is 0 Å². The molecule has 2 aliphatic rings. The molecule has 2 heterocycles. The number of rotatable bonds is 5. The summed E-state index contributed by atoms with van der Waals surface area (Å²) in [5.74, 6) is 0.746. The lowest BCUT2D eigenvalue weighted by Gasteiger charge is -2.42. The fourth-order valence-corrected chi connectivity index (χ4v) is 2.98. The Morgan fingerprint density at radius 1 is 1.22 bits per heavy atom. The van der Waals surface area contributed by atoms with Gasteiger partial charge in [0.2, 0.25) is 0 Å². The van der Waals surface area contributed by atoms with Crippen LogP contribution in [-0.4, -0.2) is 74.9 Å². The van der Waals surface area contributed by atoms with Crippen LogP contribution in [0.5, 0.6) is 0 Å². The van der Waals surface area contributed by atoms with Gasteiger partial charge in [-0.25, -0.2) is 0 Å². The largest absolute Gasteiger partial charge is 0.381 e. The van der Waals surface area contributed by atoms with Crippen LogP contribution in [0.4, 0.5) is 0 Å². The van der Waals surface area contributed by atoms with Crippen molar-refractivity contribution in [3.63, 3.8) is 0 Å². The molecular formula is C14H29N3O. The van der Waals surface area contributed by atoms with Gasteiger partial charge in [-0.2, -0.15) is 0 Å². The van der Waals surface area contributed by atoms with E-state index in [0.717, 1.165) is 32.2 Å². The highest BCUT2D eigenvalue weighted by molar-refractivity contribution is 4.82. The van der Waals surface area contributed by atoms with Crippen molar-refractivity contribution in [2.75, 3.05) is 53.0 Å². The molecule has 2 rings (SSSR count). The average Bonchev–Trinajstić information content (AvgIpc) is 2.84. The van der Waals surface area contributed by atoms with Crippen LogP contribution in [0.2, 0.25) is 0 Å². The SMILES string of the molecule is CC1CN(CCNCC2CCOC2)CC(C)N1C. The van der Waals surface area contributed by atoms with E-state index >= 15 is 0 Å². The molecule has 4 heteroatoms. The molecule has 1 N–H and O–H groups in total. The normalized spacial score (nSPS) is 35.2. The van der Waals surface area contributed by atoms with E-state index in [1.54, 1.807) is 0 Å². The molecule has 4 nitrogen and oxygen atoms in total. The van der Waals surface area contributed by atoms with Gasteiger partial charge in [0.1, 0.15) is 0 Å². The Balaban J connectivity index is 1.58. The maximum atomic E-state index is 5.39. The van der Waals surface area contributed by atoms with E-state index < -0.39 is 0 Å². The molecule has 2 aliphatic heterocycles. The van der Waals surface area contributed by atoms with Crippen molar-refractivity contribution >= 4 is 0 Å². The molecule has 0 aromatic rings. The molecule has 3 unspecified atom stereocenters. The number of ether oxygens (including phenoxy) is 1. The Morgan fingerprint density at radius 3 is 2.56 bits per heavy atom. The third-order valence-corrected chi connectivity index (χ3v) is 4.50. The van der Waals surface area contributed by atoms with Crippen molar-refractivity contribution < 1.29 is 4.74 Å². The van der Waals surface area contributed by atoms with Crippen molar-refractivity contribution in [1.82, 2.24) is 15.1 Å². The maximum Gasteiger partial charge on any atom is 0.0507 e. The van der Waals surface area contributed by atoms with Crippen LogP contribution in [0.3, 0.4) is 0 Å². The Bertz CT molecular complexity index is 231. The molecule has 0 bridgehead atoms. The van der Waals surface area contributed by atoms with E-state index in [2.05, 4.69) is 36.0 Å². The minimum atomic E-state index is 0.678. The van der Waals surface area contributed by atoms with Gasteiger partial charge in [0.25, 0.3) is 0 Å². The molecule has 2 fully saturated rings. The lowest BCUT2D eigenvalue weighted by atomic mass is 10.1. The summed E-state index contributed by atoms with van der Waals surface area (Å²) in [5, 5.41) is 3.58. The minimum Gasteiger partial charge on any atom is -0.381 e. The van der Waals surface area contributed by atoms with Gasteiger partial charge in [0, 0.05) is 51.4 Å². The van der Waals surface area contributed by atoms with Crippen LogP contribution in [0.1, 0.15) is 20.3 Å². The molecule has 2 saturated heterocycles. The third-order valence-electron chi connectivity index (χ3n) is 4.50. The topological polar surface area (TPSA) is 27.7 Å². The second-order valence-electron chi connectivity index (χ2n) is 6.06. The van der Waals surface area contributed by atoms with E-state index in [1.165, 1.54) is 26.1 Å². The molecule has 0 spiro atoms. The van der Waals surface area contributed by atoms with Gasteiger partial charge in [-0.05, 0) is 33.2 Å². The zero-order valence-electron chi connectivity index (χ0n) is 12.2. The first-order valence-electron chi connectivity index (χ1n) is 7.39. The van der Waals surface area contributed by atoms with Gasteiger partial charge in [-0.3, -0.25) is 9.80 Å². The van der Waals surface area contributed by atoms with Gasteiger partial charge >= 0.3 is 0 Å². The fourth-order valence-electron chi connectivity index (χ4n) is 2.98. The average molecular weight is 255 g/mol. The number of hydrogen-bond acceptors (Lipinski definition) is 4. The Hall–Kier alpha value is -0.160. The molecule has 0 aromatic heterocycles. The van der Waals surface area contributed by atoms with Crippen molar-refractivity contribution in [2.24, 2.45) is 5.92 Å². The first kappa shape index (κ1) is 14.3. The van der Waals surface area contributed by atoms with E-state index in [0.29, 0.717) is 12.1 Å². The first-order chi connectivity index (χ1) is 8.66. The van der Waals surface area contributed by atoms with E-state index in [1.807, 2.05) is 0 Å². The van der Waals surface area contributed by atoms with Crippen molar-refractivity contribution in [3.05, 3.63) is 0 Å². The number of nitrogens with one attached hydrogen (secondary N) is 1. The summed E-state index contributed by atoms with van der Waals surface area (Å²) in [7, 11) is 2.24.